The average Bonchev–Trinajstić information content (AvgIpc) is 2.89. The summed E-state index contributed by atoms with van der Waals surface area (Å²) in [5.41, 5.74) is 7.27. The van der Waals surface area contributed by atoms with E-state index in [0.717, 1.165) is 5.75 Å². The SMILES string of the molecule is NC(=S)c1ccc(OCC2CSc3ccccc32)c(F)c1. The fourth-order valence-corrected chi connectivity index (χ4v) is 3.69. The highest BCUT2D eigenvalue weighted by Gasteiger charge is 2.23. The van der Waals surface area contributed by atoms with Crippen LogP contribution < -0.4 is 10.5 Å². The van der Waals surface area contributed by atoms with Crippen molar-refractivity contribution in [3.05, 3.63) is 59.4 Å². The summed E-state index contributed by atoms with van der Waals surface area (Å²) in [5, 5.41) is 0. The Kier molecular flexibility index (Phi) is 4.12. The summed E-state index contributed by atoms with van der Waals surface area (Å²) >= 11 is 6.64. The monoisotopic (exact) mass is 319 g/mol. The number of ether oxygens (including phenoxy) is 1. The fraction of sp³-hybridized carbons (Fsp3) is 0.188. The number of fused-ring (bicyclic) bond motifs is 1. The molecule has 2 aromatic rings. The summed E-state index contributed by atoms with van der Waals surface area (Å²) < 4.78 is 19.6. The van der Waals surface area contributed by atoms with Gasteiger partial charge in [0, 0.05) is 22.1 Å². The van der Waals surface area contributed by atoms with Gasteiger partial charge in [-0.25, -0.2) is 4.39 Å². The lowest BCUT2D eigenvalue weighted by molar-refractivity contribution is 0.284. The number of halogens is 1. The second kappa shape index (κ2) is 6.03. The van der Waals surface area contributed by atoms with E-state index >= 15 is 0 Å². The second-order valence-corrected chi connectivity index (χ2v) is 6.37. The summed E-state index contributed by atoms with van der Waals surface area (Å²) in [4.78, 5) is 1.47. The minimum absolute atomic E-state index is 0.182. The molecule has 2 aromatic carbocycles. The first-order chi connectivity index (χ1) is 10.1. The van der Waals surface area contributed by atoms with Gasteiger partial charge in [0.15, 0.2) is 11.6 Å². The molecule has 0 fully saturated rings. The van der Waals surface area contributed by atoms with E-state index in [1.165, 1.54) is 16.5 Å². The smallest absolute Gasteiger partial charge is 0.165 e. The van der Waals surface area contributed by atoms with Crippen LogP contribution in [0.1, 0.15) is 17.0 Å². The minimum Gasteiger partial charge on any atom is -0.490 e. The normalized spacial score (nSPS) is 16.5. The molecule has 1 aliphatic heterocycles. The zero-order valence-corrected chi connectivity index (χ0v) is 12.8. The van der Waals surface area contributed by atoms with Crippen LogP contribution in [0.15, 0.2) is 47.4 Å². The van der Waals surface area contributed by atoms with Gasteiger partial charge in [-0.3, -0.25) is 0 Å². The molecular formula is C16H14FNOS2. The van der Waals surface area contributed by atoms with Crippen LogP contribution in [0.5, 0.6) is 5.75 Å². The van der Waals surface area contributed by atoms with Gasteiger partial charge in [-0.05, 0) is 29.8 Å². The van der Waals surface area contributed by atoms with Gasteiger partial charge in [0.05, 0.1) is 6.61 Å². The van der Waals surface area contributed by atoms with Crippen LogP contribution in [0.3, 0.4) is 0 Å². The van der Waals surface area contributed by atoms with E-state index in [0.29, 0.717) is 18.1 Å². The largest absolute Gasteiger partial charge is 0.490 e. The Morgan fingerprint density at radius 2 is 2.14 bits per heavy atom. The zero-order chi connectivity index (χ0) is 14.8. The summed E-state index contributed by atoms with van der Waals surface area (Å²) in [7, 11) is 0. The number of nitrogens with two attached hydrogens (primary N) is 1. The molecule has 5 heteroatoms. The van der Waals surface area contributed by atoms with Crippen molar-refractivity contribution in [1.82, 2.24) is 0 Å². The molecule has 1 heterocycles. The maximum absolute atomic E-state index is 13.9. The molecule has 0 bridgehead atoms. The van der Waals surface area contributed by atoms with E-state index in [-0.39, 0.29) is 10.7 Å². The number of hydrogen-bond donors (Lipinski definition) is 1. The van der Waals surface area contributed by atoms with Gasteiger partial charge in [0.25, 0.3) is 0 Å². The van der Waals surface area contributed by atoms with E-state index in [1.54, 1.807) is 12.1 Å². The Labute approximate surface area is 132 Å². The molecule has 1 aliphatic rings. The molecule has 108 valence electrons. The zero-order valence-electron chi connectivity index (χ0n) is 11.2. The summed E-state index contributed by atoms with van der Waals surface area (Å²) in [6.07, 6.45) is 0. The molecule has 1 unspecified atom stereocenters. The van der Waals surface area contributed by atoms with Crippen molar-refractivity contribution in [1.29, 1.82) is 0 Å². The van der Waals surface area contributed by atoms with Crippen LogP contribution in [0, 0.1) is 5.82 Å². The molecular weight excluding hydrogens is 305 g/mol. The highest BCUT2D eigenvalue weighted by atomic mass is 32.2. The Hall–Kier alpha value is -1.59. The highest BCUT2D eigenvalue weighted by Crippen LogP contribution is 2.39. The Bertz CT molecular complexity index is 690. The van der Waals surface area contributed by atoms with Crippen LogP contribution in [0.2, 0.25) is 0 Å². The molecule has 0 aromatic heterocycles. The highest BCUT2D eigenvalue weighted by molar-refractivity contribution is 7.99. The van der Waals surface area contributed by atoms with Crippen LogP contribution in [0.25, 0.3) is 0 Å². The molecule has 2 nitrogen and oxygen atoms in total. The van der Waals surface area contributed by atoms with Gasteiger partial charge in [-0.2, -0.15) is 0 Å². The predicted molar refractivity (Wildman–Crippen MR) is 87.7 cm³/mol. The van der Waals surface area contributed by atoms with Crippen molar-refractivity contribution < 1.29 is 9.13 Å². The Balaban J connectivity index is 1.70. The maximum atomic E-state index is 13.9. The molecule has 1 atom stereocenters. The predicted octanol–water partition coefficient (Wildman–Crippen LogP) is 3.73. The summed E-state index contributed by atoms with van der Waals surface area (Å²) in [6.45, 7) is 0.466. The maximum Gasteiger partial charge on any atom is 0.165 e. The lowest BCUT2D eigenvalue weighted by Gasteiger charge is -2.13. The van der Waals surface area contributed by atoms with Crippen LogP contribution in [-0.4, -0.2) is 17.3 Å². The Morgan fingerprint density at radius 3 is 2.90 bits per heavy atom. The fourth-order valence-electron chi connectivity index (χ4n) is 2.33. The number of thiocarbonyl (C=S) groups is 1. The van der Waals surface area contributed by atoms with Gasteiger partial charge >= 0.3 is 0 Å². The number of benzene rings is 2. The second-order valence-electron chi connectivity index (χ2n) is 4.87. The third-order valence-corrected chi connectivity index (χ3v) is 4.94. The lowest BCUT2D eigenvalue weighted by atomic mass is 10.0. The van der Waals surface area contributed by atoms with Crippen LogP contribution in [-0.2, 0) is 0 Å². The van der Waals surface area contributed by atoms with E-state index in [9.17, 15) is 4.39 Å². The summed E-state index contributed by atoms with van der Waals surface area (Å²) in [6, 6.07) is 12.8. The number of thioether (sulfide) groups is 1. The van der Waals surface area contributed by atoms with Gasteiger partial charge in [0.2, 0.25) is 0 Å². The summed E-state index contributed by atoms with van der Waals surface area (Å²) in [5.74, 6) is 1.07. The third-order valence-electron chi connectivity index (χ3n) is 3.46. The number of hydrogen-bond acceptors (Lipinski definition) is 3. The topological polar surface area (TPSA) is 35.2 Å². The lowest BCUT2D eigenvalue weighted by Crippen LogP contribution is -2.12. The van der Waals surface area contributed by atoms with E-state index in [1.807, 2.05) is 23.9 Å². The molecule has 0 radical (unpaired) electrons. The molecule has 0 spiro atoms. The van der Waals surface area contributed by atoms with Crippen molar-refractivity contribution in [2.75, 3.05) is 12.4 Å². The van der Waals surface area contributed by atoms with Crippen molar-refractivity contribution >= 4 is 29.0 Å². The number of rotatable bonds is 4. The Morgan fingerprint density at radius 1 is 1.33 bits per heavy atom. The van der Waals surface area contributed by atoms with E-state index in [4.69, 9.17) is 22.7 Å². The first kappa shape index (κ1) is 14.4. The molecule has 0 saturated carbocycles. The van der Waals surface area contributed by atoms with Gasteiger partial charge < -0.3 is 10.5 Å². The van der Waals surface area contributed by atoms with Crippen molar-refractivity contribution in [3.63, 3.8) is 0 Å². The van der Waals surface area contributed by atoms with Crippen molar-refractivity contribution in [3.8, 4) is 5.75 Å². The van der Waals surface area contributed by atoms with E-state index in [2.05, 4.69) is 12.1 Å². The average molecular weight is 319 g/mol. The van der Waals surface area contributed by atoms with Crippen LogP contribution >= 0.6 is 24.0 Å². The quantitative estimate of drug-likeness (QED) is 0.871. The van der Waals surface area contributed by atoms with Crippen LogP contribution in [0.4, 0.5) is 4.39 Å². The van der Waals surface area contributed by atoms with Gasteiger partial charge in [0.1, 0.15) is 4.99 Å². The standard InChI is InChI=1S/C16H14FNOS2/c17-13-7-10(16(18)20)5-6-14(13)19-8-11-9-21-15-4-2-1-3-12(11)15/h1-7,11H,8-9H2,(H2,18,20). The van der Waals surface area contributed by atoms with Crippen molar-refractivity contribution in [2.24, 2.45) is 5.73 Å². The minimum atomic E-state index is -0.431. The van der Waals surface area contributed by atoms with Crippen molar-refractivity contribution in [2.45, 2.75) is 10.8 Å². The first-order valence-electron chi connectivity index (χ1n) is 6.59. The molecule has 0 amide bonds. The van der Waals surface area contributed by atoms with E-state index < -0.39 is 5.82 Å². The molecule has 2 N–H and O–H groups in total. The first-order valence-corrected chi connectivity index (χ1v) is 7.98. The van der Waals surface area contributed by atoms with Gasteiger partial charge in [-0.15, -0.1) is 11.8 Å². The third kappa shape index (κ3) is 3.04. The van der Waals surface area contributed by atoms with Gasteiger partial charge in [-0.1, -0.05) is 30.4 Å². The molecule has 0 saturated heterocycles. The molecule has 21 heavy (non-hydrogen) atoms. The molecule has 3 rings (SSSR count). The molecule has 0 aliphatic carbocycles.